The summed E-state index contributed by atoms with van der Waals surface area (Å²) >= 11 is 0. The summed E-state index contributed by atoms with van der Waals surface area (Å²) in [5.74, 6) is -19.6. The number of hydrogen-bond acceptors (Lipinski definition) is 0. The Kier molecular flexibility index (Phi) is 3.42. The zero-order chi connectivity index (χ0) is 20.9. The van der Waals surface area contributed by atoms with E-state index in [9.17, 15) is 35.1 Å². The first-order chi connectivity index (χ1) is 12.8. The number of rotatable bonds is 3. The van der Waals surface area contributed by atoms with Crippen LogP contribution in [0.15, 0.2) is 47.8 Å². The van der Waals surface area contributed by atoms with Crippen molar-refractivity contribution >= 4 is 11.1 Å². The van der Waals surface area contributed by atoms with Gasteiger partial charge in [-0.2, -0.15) is 35.1 Å². The Hall–Kier alpha value is -2.52. The third-order valence-corrected chi connectivity index (χ3v) is 5.19. The van der Waals surface area contributed by atoms with E-state index in [0.29, 0.717) is 0 Å². The SMILES string of the molecule is Cn1cccc1C1=C(C2=C(c3cccn3C)C(F)(F)C2(F)F)C(F)(F)C1(F)F. The minimum absolute atomic E-state index is 0.448. The molecule has 2 aromatic heterocycles. The Balaban J connectivity index is 2.10. The number of aromatic nitrogens is 2. The lowest BCUT2D eigenvalue weighted by Gasteiger charge is -2.49. The number of halogens is 8. The maximum atomic E-state index is 14.3. The smallest absolute Gasteiger partial charge is 0.342 e. The van der Waals surface area contributed by atoms with Crippen molar-refractivity contribution in [3.05, 3.63) is 59.2 Å². The second-order valence-corrected chi connectivity index (χ2v) is 6.81. The third kappa shape index (κ3) is 1.88. The Bertz CT molecular complexity index is 967. The van der Waals surface area contributed by atoms with Crippen LogP contribution in [0.4, 0.5) is 35.1 Å². The molecule has 0 unspecified atom stereocenters. The van der Waals surface area contributed by atoms with E-state index in [4.69, 9.17) is 0 Å². The van der Waals surface area contributed by atoms with Gasteiger partial charge < -0.3 is 9.13 Å². The van der Waals surface area contributed by atoms with Gasteiger partial charge in [0.25, 0.3) is 0 Å². The van der Waals surface area contributed by atoms with Crippen LogP contribution in [-0.2, 0) is 14.1 Å². The summed E-state index contributed by atoms with van der Waals surface area (Å²) in [6, 6.07) is 4.59. The Morgan fingerprint density at radius 2 is 0.821 bits per heavy atom. The van der Waals surface area contributed by atoms with E-state index in [1.807, 2.05) is 0 Å². The monoisotopic (exact) mass is 408 g/mol. The van der Waals surface area contributed by atoms with Crippen LogP contribution in [0.3, 0.4) is 0 Å². The summed E-state index contributed by atoms with van der Waals surface area (Å²) in [5, 5.41) is 0. The molecule has 0 spiro atoms. The Morgan fingerprint density at radius 1 is 0.536 bits per heavy atom. The van der Waals surface area contributed by atoms with E-state index in [2.05, 4.69) is 0 Å². The summed E-state index contributed by atoms with van der Waals surface area (Å²) < 4.78 is 116. The van der Waals surface area contributed by atoms with Gasteiger partial charge in [0.15, 0.2) is 0 Å². The number of nitrogens with zero attached hydrogens (tertiary/aromatic N) is 2. The molecule has 0 saturated heterocycles. The molecule has 0 bridgehead atoms. The number of allylic oxidation sites excluding steroid dienone is 4. The van der Waals surface area contributed by atoms with Gasteiger partial charge in [0, 0.05) is 37.6 Å². The summed E-state index contributed by atoms with van der Waals surface area (Å²) in [5.41, 5.74) is -7.13. The lowest BCUT2D eigenvalue weighted by molar-refractivity contribution is -0.192. The Labute approximate surface area is 153 Å². The zero-order valence-electron chi connectivity index (χ0n) is 14.4. The van der Waals surface area contributed by atoms with Crippen LogP contribution in [0.5, 0.6) is 0 Å². The molecule has 0 N–H and O–H groups in total. The first-order valence-electron chi connectivity index (χ1n) is 8.03. The normalized spacial score (nSPS) is 24.2. The molecule has 0 radical (unpaired) electrons. The van der Waals surface area contributed by atoms with Gasteiger partial charge in [-0.1, -0.05) is 0 Å². The molecule has 2 aromatic rings. The fourth-order valence-corrected chi connectivity index (χ4v) is 3.71. The van der Waals surface area contributed by atoms with Crippen LogP contribution < -0.4 is 0 Å². The largest absolute Gasteiger partial charge is 0.351 e. The fourth-order valence-electron chi connectivity index (χ4n) is 3.71. The van der Waals surface area contributed by atoms with Crippen LogP contribution in [0, 0.1) is 0 Å². The second kappa shape index (κ2) is 5.09. The Morgan fingerprint density at radius 3 is 1.07 bits per heavy atom. The van der Waals surface area contributed by atoms with Gasteiger partial charge in [-0.15, -0.1) is 0 Å². The van der Waals surface area contributed by atoms with Gasteiger partial charge in [0.2, 0.25) is 0 Å². The first kappa shape index (κ1) is 18.8. The number of aryl methyl sites for hydroxylation is 2. The van der Waals surface area contributed by atoms with Crippen LogP contribution >= 0.6 is 0 Å². The van der Waals surface area contributed by atoms with Gasteiger partial charge in [0.05, 0.1) is 22.5 Å². The molecule has 0 atom stereocenters. The minimum Gasteiger partial charge on any atom is -0.351 e. The van der Waals surface area contributed by atoms with Gasteiger partial charge in [-0.3, -0.25) is 0 Å². The lowest BCUT2D eigenvalue weighted by Crippen LogP contribution is -2.61. The molecule has 0 saturated carbocycles. The van der Waals surface area contributed by atoms with Crippen LogP contribution in [-0.4, -0.2) is 32.8 Å². The summed E-state index contributed by atoms with van der Waals surface area (Å²) in [4.78, 5) is 0. The summed E-state index contributed by atoms with van der Waals surface area (Å²) in [6.07, 6.45) is 2.51. The van der Waals surface area contributed by atoms with Crippen molar-refractivity contribution in [2.45, 2.75) is 23.7 Å². The minimum atomic E-state index is -5.02. The second-order valence-electron chi connectivity index (χ2n) is 6.81. The molecular formula is C18H12F8N2. The van der Waals surface area contributed by atoms with Crippen molar-refractivity contribution in [2.75, 3.05) is 0 Å². The molecule has 0 amide bonds. The predicted molar refractivity (Wildman–Crippen MR) is 84.5 cm³/mol. The van der Waals surface area contributed by atoms with Crippen molar-refractivity contribution in [3.8, 4) is 0 Å². The third-order valence-electron chi connectivity index (χ3n) is 5.19. The van der Waals surface area contributed by atoms with E-state index in [1.165, 1.54) is 38.6 Å². The molecule has 2 heterocycles. The predicted octanol–water partition coefficient (Wildman–Crippen LogP) is 5.14. The van der Waals surface area contributed by atoms with Gasteiger partial charge in [0.1, 0.15) is 0 Å². The van der Waals surface area contributed by atoms with E-state index in [1.54, 1.807) is 0 Å². The lowest BCUT2D eigenvalue weighted by atomic mass is 9.65. The van der Waals surface area contributed by atoms with E-state index in [-0.39, 0.29) is 0 Å². The zero-order valence-corrected chi connectivity index (χ0v) is 14.4. The van der Waals surface area contributed by atoms with Crippen molar-refractivity contribution in [1.29, 1.82) is 0 Å². The molecule has 0 aliphatic heterocycles. The number of hydrogen-bond donors (Lipinski definition) is 0. The van der Waals surface area contributed by atoms with Crippen molar-refractivity contribution < 1.29 is 35.1 Å². The van der Waals surface area contributed by atoms with E-state index in [0.717, 1.165) is 21.3 Å². The van der Waals surface area contributed by atoms with Crippen molar-refractivity contribution in [2.24, 2.45) is 14.1 Å². The summed E-state index contributed by atoms with van der Waals surface area (Å²) in [7, 11) is 2.51. The average molecular weight is 408 g/mol. The highest BCUT2D eigenvalue weighted by Crippen LogP contribution is 2.70. The van der Waals surface area contributed by atoms with Crippen molar-refractivity contribution in [3.63, 3.8) is 0 Å². The molecular weight excluding hydrogens is 396 g/mol. The molecule has 4 rings (SSSR count). The summed E-state index contributed by atoms with van der Waals surface area (Å²) in [6.45, 7) is 0. The highest BCUT2D eigenvalue weighted by atomic mass is 19.3. The maximum Gasteiger partial charge on any atom is 0.342 e. The molecule has 150 valence electrons. The van der Waals surface area contributed by atoms with Crippen LogP contribution in [0.2, 0.25) is 0 Å². The molecule has 2 aliphatic rings. The first-order valence-corrected chi connectivity index (χ1v) is 8.03. The van der Waals surface area contributed by atoms with Gasteiger partial charge >= 0.3 is 23.7 Å². The molecule has 28 heavy (non-hydrogen) atoms. The van der Waals surface area contributed by atoms with Gasteiger partial charge in [-0.05, 0) is 24.3 Å². The molecule has 0 aromatic carbocycles. The highest BCUT2D eigenvalue weighted by Gasteiger charge is 2.81. The average Bonchev–Trinajstić information content (AvgIpc) is 3.18. The fraction of sp³-hybridized carbons (Fsp3) is 0.333. The van der Waals surface area contributed by atoms with E-state index >= 15 is 0 Å². The quantitative estimate of drug-likeness (QED) is 0.623. The molecule has 2 aliphatic carbocycles. The molecule has 10 heteroatoms. The van der Waals surface area contributed by atoms with Crippen LogP contribution in [0.1, 0.15) is 11.4 Å². The standard InChI is InChI=1S/C18H12F8N2/c1-27-7-3-5-9(27)11-13(17(23,24)15(11,19)20)14-12(10-6-4-8-28(10)2)16(21,22)18(14,25)26/h3-8H,1-2H3. The van der Waals surface area contributed by atoms with Crippen LogP contribution in [0.25, 0.3) is 11.1 Å². The van der Waals surface area contributed by atoms with Gasteiger partial charge in [-0.25, -0.2) is 0 Å². The number of alkyl halides is 8. The molecule has 2 nitrogen and oxygen atoms in total. The van der Waals surface area contributed by atoms with Crippen molar-refractivity contribution in [1.82, 2.24) is 9.13 Å². The maximum absolute atomic E-state index is 14.3. The van der Waals surface area contributed by atoms with E-state index < -0.39 is 57.4 Å². The highest BCUT2D eigenvalue weighted by molar-refractivity contribution is 5.96. The molecule has 0 fully saturated rings. The topological polar surface area (TPSA) is 9.86 Å².